The molecule has 3 aromatic heterocycles. The summed E-state index contributed by atoms with van der Waals surface area (Å²) in [6, 6.07) is 27.1. The Kier molecular flexibility index (Phi) is 6.61. The van der Waals surface area contributed by atoms with E-state index in [1.807, 2.05) is 62.4 Å². The van der Waals surface area contributed by atoms with Gasteiger partial charge in [0.25, 0.3) is 0 Å². The summed E-state index contributed by atoms with van der Waals surface area (Å²) in [6.45, 7) is 3.89. The molecule has 3 aromatic carbocycles. The number of alkyl halides is 3. The van der Waals surface area contributed by atoms with Gasteiger partial charge in [0.05, 0.1) is 11.3 Å². The van der Waals surface area contributed by atoms with Gasteiger partial charge in [0, 0.05) is 28.9 Å². The first-order chi connectivity index (χ1) is 17.8. The molecule has 0 radical (unpaired) electrons. The van der Waals surface area contributed by atoms with E-state index in [9.17, 15) is 13.2 Å². The number of para-hydroxylation sites is 1. The second kappa shape index (κ2) is 9.76. The summed E-state index contributed by atoms with van der Waals surface area (Å²) in [5.74, 6) is 0.998. The molecule has 6 rings (SSSR count). The third-order valence-corrected chi connectivity index (χ3v) is 6.07. The minimum atomic E-state index is -4.49. The van der Waals surface area contributed by atoms with Crippen LogP contribution in [-0.4, -0.2) is 19.3 Å². The second-order valence-corrected chi connectivity index (χ2v) is 8.68. The number of nitrogens with zero attached hydrogens (tertiary/aromatic N) is 4. The molecule has 5 nitrogen and oxygen atoms in total. The molecule has 3 heterocycles. The molecule has 190 valence electrons. The number of hydrogen-bond acceptors (Lipinski definition) is 3. The van der Waals surface area contributed by atoms with E-state index in [0.717, 1.165) is 45.5 Å². The third-order valence-electron chi connectivity index (χ3n) is 6.07. The summed E-state index contributed by atoms with van der Waals surface area (Å²) in [5, 5.41) is 6.19. The minimum Gasteiger partial charge on any atom is -0.509 e. The van der Waals surface area contributed by atoms with Crippen molar-refractivity contribution in [3.8, 4) is 23.0 Å². The summed E-state index contributed by atoms with van der Waals surface area (Å²) < 4.78 is 49.9. The van der Waals surface area contributed by atoms with Gasteiger partial charge in [-0.05, 0) is 49.2 Å². The summed E-state index contributed by atoms with van der Waals surface area (Å²) >= 11 is 0. The molecule has 6 aromatic rings. The molecule has 0 atom stereocenters. The SMILES string of the molecule is Cc1cc(C)n(-c2[c-]c(Oc3[c-]c4c(cc3)c3ccccc3n4-c3cc(C(F)(F)F)ccn3)ccc2)n1.[Pt+4]. The van der Waals surface area contributed by atoms with E-state index in [4.69, 9.17) is 4.74 Å². The van der Waals surface area contributed by atoms with E-state index < -0.39 is 11.7 Å². The number of pyridine rings is 1. The number of ether oxygens (including phenoxy) is 1. The molecule has 0 aliphatic carbocycles. The van der Waals surface area contributed by atoms with Gasteiger partial charge in [-0.15, -0.1) is 35.7 Å². The van der Waals surface area contributed by atoms with E-state index >= 15 is 0 Å². The Hall–Kier alpha value is -3.90. The first-order valence-corrected chi connectivity index (χ1v) is 11.5. The molecule has 0 bridgehead atoms. The largest absolute Gasteiger partial charge is 4.00 e. The van der Waals surface area contributed by atoms with E-state index in [-0.39, 0.29) is 26.9 Å². The fourth-order valence-electron chi connectivity index (χ4n) is 4.50. The van der Waals surface area contributed by atoms with Crippen molar-refractivity contribution in [1.29, 1.82) is 0 Å². The van der Waals surface area contributed by atoms with Crippen LogP contribution in [0.1, 0.15) is 17.0 Å². The molecule has 0 N–H and O–H groups in total. The fraction of sp³-hybridized carbons (Fsp3) is 0.103. The molecule has 0 aliphatic rings. The van der Waals surface area contributed by atoms with Crippen LogP contribution in [0.5, 0.6) is 11.5 Å². The number of aryl methyl sites for hydroxylation is 2. The number of rotatable bonds is 4. The van der Waals surface area contributed by atoms with Crippen LogP contribution in [0.15, 0.2) is 79.0 Å². The Morgan fingerprint density at radius 2 is 1.63 bits per heavy atom. The molecule has 0 unspecified atom stereocenters. The van der Waals surface area contributed by atoms with Gasteiger partial charge in [0.1, 0.15) is 5.82 Å². The Bertz CT molecular complexity index is 1790. The zero-order chi connectivity index (χ0) is 25.7. The van der Waals surface area contributed by atoms with Gasteiger partial charge in [-0.3, -0.25) is 4.68 Å². The predicted molar refractivity (Wildman–Crippen MR) is 134 cm³/mol. The topological polar surface area (TPSA) is 44.9 Å². The van der Waals surface area contributed by atoms with Crippen molar-refractivity contribution in [2.45, 2.75) is 20.0 Å². The van der Waals surface area contributed by atoms with Gasteiger partial charge in [0.15, 0.2) is 0 Å². The van der Waals surface area contributed by atoms with Crippen molar-refractivity contribution in [2.75, 3.05) is 0 Å². The molecule has 0 saturated heterocycles. The van der Waals surface area contributed by atoms with Crippen LogP contribution in [0.2, 0.25) is 0 Å². The Morgan fingerprint density at radius 1 is 0.842 bits per heavy atom. The Labute approximate surface area is 230 Å². The average molecular weight is 692 g/mol. The van der Waals surface area contributed by atoms with E-state index in [0.29, 0.717) is 17.0 Å². The van der Waals surface area contributed by atoms with E-state index in [1.165, 1.54) is 6.20 Å². The standard InChI is InChI=1S/C29H19F3N4O.Pt/c1-18-14-19(2)36(34-18)21-6-5-7-22(16-21)37-23-10-11-25-24-8-3-4-9-26(24)35(27(25)17-23)28-15-20(12-13-33-28)29(30,31)32;/h3-15H,1-2H3;/q-2;+4. The van der Waals surface area contributed by atoms with Crippen molar-refractivity contribution < 1.29 is 39.0 Å². The molecule has 9 heteroatoms. The molecule has 0 spiro atoms. The normalized spacial score (nSPS) is 11.6. The number of hydrogen-bond donors (Lipinski definition) is 0. The van der Waals surface area contributed by atoms with Crippen LogP contribution < -0.4 is 4.74 Å². The van der Waals surface area contributed by atoms with Crippen LogP contribution >= 0.6 is 0 Å². The number of aromatic nitrogens is 4. The first kappa shape index (κ1) is 25.7. The Balaban J connectivity index is 0.00000294. The zero-order valence-corrected chi connectivity index (χ0v) is 22.4. The molecule has 0 saturated carbocycles. The van der Waals surface area contributed by atoms with Crippen LogP contribution in [0.3, 0.4) is 0 Å². The van der Waals surface area contributed by atoms with Crippen molar-refractivity contribution >= 4 is 21.8 Å². The van der Waals surface area contributed by atoms with Gasteiger partial charge in [-0.2, -0.15) is 30.4 Å². The number of halogens is 3. The Morgan fingerprint density at radius 3 is 2.39 bits per heavy atom. The van der Waals surface area contributed by atoms with Gasteiger partial charge < -0.3 is 9.30 Å². The predicted octanol–water partition coefficient (Wildman–Crippen LogP) is 7.39. The van der Waals surface area contributed by atoms with Crippen LogP contribution in [0, 0.1) is 26.0 Å². The second-order valence-electron chi connectivity index (χ2n) is 8.68. The molecular formula is C29H19F3N4OPt+2. The third kappa shape index (κ3) is 4.61. The fourth-order valence-corrected chi connectivity index (χ4v) is 4.50. The number of fused-ring (bicyclic) bond motifs is 3. The van der Waals surface area contributed by atoms with Crippen molar-refractivity contribution in [2.24, 2.45) is 0 Å². The summed E-state index contributed by atoms with van der Waals surface area (Å²) in [4.78, 5) is 4.25. The zero-order valence-electron chi connectivity index (χ0n) is 20.2. The van der Waals surface area contributed by atoms with Gasteiger partial charge in [0.2, 0.25) is 0 Å². The van der Waals surface area contributed by atoms with Crippen molar-refractivity contribution in [3.05, 3.63) is 108 Å². The smallest absolute Gasteiger partial charge is 0.509 e. The van der Waals surface area contributed by atoms with Gasteiger partial charge >= 0.3 is 27.2 Å². The molecule has 38 heavy (non-hydrogen) atoms. The van der Waals surface area contributed by atoms with Crippen LogP contribution in [0.4, 0.5) is 13.2 Å². The van der Waals surface area contributed by atoms with Crippen LogP contribution in [-0.2, 0) is 27.2 Å². The average Bonchev–Trinajstić information content (AvgIpc) is 3.39. The van der Waals surface area contributed by atoms with Crippen molar-refractivity contribution in [1.82, 2.24) is 19.3 Å². The molecule has 0 amide bonds. The minimum absolute atomic E-state index is 0. The monoisotopic (exact) mass is 691 g/mol. The van der Waals surface area contributed by atoms with E-state index in [1.54, 1.807) is 21.4 Å². The summed E-state index contributed by atoms with van der Waals surface area (Å²) in [7, 11) is 0. The molecule has 0 fully saturated rings. The van der Waals surface area contributed by atoms with Crippen molar-refractivity contribution in [3.63, 3.8) is 0 Å². The first-order valence-electron chi connectivity index (χ1n) is 11.5. The summed E-state index contributed by atoms with van der Waals surface area (Å²) in [6.07, 6.45) is -3.32. The van der Waals surface area contributed by atoms with Gasteiger partial charge in [-0.1, -0.05) is 23.7 Å². The quantitative estimate of drug-likeness (QED) is 0.181. The van der Waals surface area contributed by atoms with Crippen LogP contribution in [0.25, 0.3) is 33.3 Å². The number of benzene rings is 3. The molecular weight excluding hydrogens is 672 g/mol. The van der Waals surface area contributed by atoms with E-state index in [2.05, 4.69) is 22.2 Å². The van der Waals surface area contributed by atoms with Gasteiger partial charge in [-0.25, -0.2) is 4.98 Å². The maximum atomic E-state index is 13.5. The maximum absolute atomic E-state index is 13.5. The maximum Gasteiger partial charge on any atom is 4.00 e. The summed E-state index contributed by atoms with van der Waals surface area (Å²) in [5.41, 5.74) is 3.10. The molecule has 0 aliphatic heterocycles.